The van der Waals surface area contributed by atoms with Crippen LogP contribution < -0.4 is 0 Å². The lowest BCUT2D eigenvalue weighted by Crippen LogP contribution is -2.37. The smallest absolute Gasteiger partial charge is 0.317 e. The average molecular weight is 326 g/mol. The van der Waals surface area contributed by atoms with Crippen LogP contribution in [0.2, 0.25) is 0 Å². The molecule has 0 bridgehead atoms. The van der Waals surface area contributed by atoms with E-state index in [-0.39, 0.29) is 18.2 Å². The maximum Gasteiger partial charge on any atom is 0.317 e. The van der Waals surface area contributed by atoms with E-state index in [1.165, 1.54) is 0 Å². The van der Waals surface area contributed by atoms with Gasteiger partial charge in [-0.25, -0.2) is 8.78 Å². The summed E-state index contributed by atoms with van der Waals surface area (Å²) in [6.45, 7) is 0.850. The van der Waals surface area contributed by atoms with E-state index in [9.17, 15) is 18.4 Å². The Morgan fingerprint density at radius 2 is 2.04 bits per heavy atom. The van der Waals surface area contributed by atoms with E-state index in [4.69, 9.17) is 5.11 Å². The van der Waals surface area contributed by atoms with Crippen molar-refractivity contribution in [2.75, 3.05) is 26.7 Å². The molecule has 1 aromatic rings. The number of hydrogen-bond acceptors (Lipinski definition) is 3. The van der Waals surface area contributed by atoms with Crippen LogP contribution in [0.5, 0.6) is 0 Å². The summed E-state index contributed by atoms with van der Waals surface area (Å²) in [5.74, 6) is -2.92. The standard InChI is InChI=1S/C16H20F2N2O3/c1-19(10-15(21)22)12-3-2-7-20(8-6-12)16(23)13-5-4-11(17)9-14(13)18/h4-5,9,12H,2-3,6-8,10H2,1H3,(H,21,22). The first kappa shape index (κ1) is 17.3. The Hall–Kier alpha value is -2.02. The van der Waals surface area contributed by atoms with Crippen LogP contribution in [0, 0.1) is 11.6 Å². The zero-order valence-electron chi connectivity index (χ0n) is 13.0. The number of carboxylic acids is 1. The number of amides is 1. The van der Waals surface area contributed by atoms with Gasteiger partial charge in [-0.05, 0) is 38.4 Å². The fraction of sp³-hybridized carbons (Fsp3) is 0.500. The molecule has 1 atom stereocenters. The summed E-state index contributed by atoms with van der Waals surface area (Å²) in [4.78, 5) is 26.5. The van der Waals surface area contributed by atoms with E-state index in [0.29, 0.717) is 32.0 Å². The van der Waals surface area contributed by atoms with E-state index >= 15 is 0 Å². The van der Waals surface area contributed by atoms with E-state index in [1.807, 2.05) is 0 Å². The Labute approximate surface area is 133 Å². The highest BCUT2D eigenvalue weighted by atomic mass is 19.1. The number of likely N-dealkylation sites (tertiary alicyclic amines) is 1. The second-order valence-corrected chi connectivity index (χ2v) is 5.81. The van der Waals surface area contributed by atoms with Crippen molar-refractivity contribution in [3.63, 3.8) is 0 Å². The summed E-state index contributed by atoms with van der Waals surface area (Å²) in [6, 6.07) is 3.00. The van der Waals surface area contributed by atoms with Crippen LogP contribution in [0.4, 0.5) is 8.78 Å². The summed E-state index contributed by atoms with van der Waals surface area (Å²) in [5.41, 5.74) is -0.135. The molecule has 1 aliphatic rings. The zero-order chi connectivity index (χ0) is 17.0. The van der Waals surface area contributed by atoms with Crippen molar-refractivity contribution in [3.05, 3.63) is 35.4 Å². The van der Waals surface area contributed by atoms with Gasteiger partial charge in [0.1, 0.15) is 11.6 Å². The van der Waals surface area contributed by atoms with Gasteiger partial charge in [-0.3, -0.25) is 14.5 Å². The van der Waals surface area contributed by atoms with Crippen molar-refractivity contribution in [1.29, 1.82) is 0 Å². The number of carboxylic acid groups (broad SMARTS) is 1. The van der Waals surface area contributed by atoms with Crippen LogP contribution in [0.25, 0.3) is 0 Å². The zero-order valence-corrected chi connectivity index (χ0v) is 13.0. The lowest BCUT2D eigenvalue weighted by Gasteiger charge is -2.25. The maximum atomic E-state index is 13.7. The largest absolute Gasteiger partial charge is 0.480 e. The van der Waals surface area contributed by atoms with Crippen LogP contribution in [-0.4, -0.2) is 59.5 Å². The molecule has 126 valence electrons. The third-order valence-corrected chi connectivity index (χ3v) is 4.15. The van der Waals surface area contributed by atoms with Gasteiger partial charge in [0.15, 0.2) is 0 Å². The number of aliphatic carboxylic acids is 1. The molecule has 1 saturated heterocycles. The molecule has 1 aromatic carbocycles. The van der Waals surface area contributed by atoms with Crippen molar-refractivity contribution in [2.45, 2.75) is 25.3 Å². The molecule has 0 saturated carbocycles. The lowest BCUT2D eigenvalue weighted by molar-refractivity contribution is -0.138. The fourth-order valence-corrected chi connectivity index (χ4v) is 2.90. The monoisotopic (exact) mass is 326 g/mol. The van der Waals surface area contributed by atoms with E-state index < -0.39 is 23.5 Å². The Bertz CT molecular complexity index is 595. The van der Waals surface area contributed by atoms with Crippen LogP contribution >= 0.6 is 0 Å². The molecule has 1 N–H and O–H groups in total. The SMILES string of the molecule is CN(CC(=O)O)C1CCCN(C(=O)c2ccc(F)cc2F)CC1. The molecule has 0 aliphatic carbocycles. The third-order valence-electron chi connectivity index (χ3n) is 4.15. The molecular formula is C16H20F2N2O3. The second kappa shape index (κ2) is 7.50. The number of rotatable bonds is 4. The number of carbonyl (C=O) groups is 2. The molecular weight excluding hydrogens is 306 g/mol. The Morgan fingerprint density at radius 1 is 1.30 bits per heavy atom. The number of hydrogen-bond donors (Lipinski definition) is 1. The molecule has 1 amide bonds. The summed E-state index contributed by atoms with van der Waals surface area (Å²) >= 11 is 0. The predicted molar refractivity (Wildman–Crippen MR) is 80.2 cm³/mol. The molecule has 2 rings (SSSR count). The second-order valence-electron chi connectivity index (χ2n) is 5.81. The summed E-state index contributed by atoms with van der Waals surface area (Å²) < 4.78 is 26.7. The molecule has 1 heterocycles. The topological polar surface area (TPSA) is 60.9 Å². The van der Waals surface area contributed by atoms with Crippen molar-refractivity contribution >= 4 is 11.9 Å². The quantitative estimate of drug-likeness (QED) is 0.919. The van der Waals surface area contributed by atoms with Gasteiger partial charge in [0, 0.05) is 25.2 Å². The first-order chi connectivity index (χ1) is 10.9. The first-order valence-corrected chi connectivity index (χ1v) is 7.55. The molecule has 0 radical (unpaired) electrons. The lowest BCUT2D eigenvalue weighted by atomic mass is 10.1. The highest BCUT2D eigenvalue weighted by Gasteiger charge is 2.25. The van der Waals surface area contributed by atoms with Gasteiger partial charge in [-0.2, -0.15) is 0 Å². The molecule has 1 fully saturated rings. The van der Waals surface area contributed by atoms with Gasteiger partial charge in [0.2, 0.25) is 0 Å². The predicted octanol–water partition coefficient (Wildman–Crippen LogP) is 1.98. The molecule has 0 aromatic heterocycles. The number of benzene rings is 1. The van der Waals surface area contributed by atoms with Crippen LogP contribution in [-0.2, 0) is 4.79 Å². The summed E-state index contributed by atoms with van der Waals surface area (Å²) in [7, 11) is 1.75. The fourth-order valence-electron chi connectivity index (χ4n) is 2.90. The van der Waals surface area contributed by atoms with Gasteiger partial charge in [0.05, 0.1) is 12.1 Å². The number of carbonyl (C=O) groups excluding carboxylic acids is 1. The third kappa shape index (κ3) is 4.48. The minimum atomic E-state index is -0.891. The van der Waals surface area contributed by atoms with Crippen molar-refractivity contribution < 1.29 is 23.5 Å². The van der Waals surface area contributed by atoms with E-state index in [1.54, 1.807) is 16.8 Å². The Morgan fingerprint density at radius 3 is 2.70 bits per heavy atom. The summed E-state index contributed by atoms with van der Waals surface area (Å²) in [5, 5.41) is 8.85. The Kier molecular flexibility index (Phi) is 5.65. The van der Waals surface area contributed by atoms with Crippen molar-refractivity contribution in [2.24, 2.45) is 0 Å². The number of nitrogens with zero attached hydrogens (tertiary/aromatic N) is 2. The van der Waals surface area contributed by atoms with Gasteiger partial charge < -0.3 is 10.0 Å². The highest BCUT2D eigenvalue weighted by Crippen LogP contribution is 2.19. The number of likely N-dealkylation sites (N-methyl/N-ethyl adjacent to an activating group) is 1. The van der Waals surface area contributed by atoms with Crippen molar-refractivity contribution in [1.82, 2.24) is 9.80 Å². The Balaban J connectivity index is 2.02. The van der Waals surface area contributed by atoms with Crippen LogP contribution in [0.15, 0.2) is 18.2 Å². The van der Waals surface area contributed by atoms with Crippen LogP contribution in [0.3, 0.4) is 0 Å². The summed E-state index contributed by atoms with van der Waals surface area (Å²) in [6.07, 6.45) is 2.11. The highest BCUT2D eigenvalue weighted by molar-refractivity contribution is 5.94. The molecule has 23 heavy (non-hydrogen) atoms. The molecule has 7 heteroatoms. The van der Waals surface area contributed by atoms with Gasteiger partial charge in [-0.1, -0.05) is 0 Å². The molecule has 1 aliphatic heterocycles. The van der Waals surface area contributed by atoms with Crippen molar-refractivity contribution in [3.8, 4) is 0 Å². The molecule has 1 unspecified atom stereocenters. The minimum absolute atomic E-state index is 0.0504. The van der Waals surface area contributed by atoms with E-state index in [0.717, 1.165) is 18.6 Å². The van der Waals surface area contributed by atoms with E-state index in [2.05, 4.69) is 0 Å². The maximum absolute atomic E-state index is 13.7. The number of halogens is 2. The van der Waals surface area contributed by atoms with Crippen LogP contribution in [0.1, 0.15) is 29.6 Å². The normalized spacial score (nSPS) is 18.8. The van der Waals surface area contributed by atoms with Gasteiger partial charge >= 0.3 is 5.97 Å². The van der Waals surface area contributed by atoms with Gasteiger partial charge in [-0.15, -0.1) is 0 Å². The minimum Gasteiger partial charge on any atom is -0.480 e. The van der Waals surface area contributed by atoms with Gasteiger partial charge in [0.25, 0.3) is 5.91 Å². The molecule has 0 spiro atoms. The average Bonchev–Trinajstić information content (AvgIpc) is 2.71. The molecule has 5 nitrogen and oxygen atoms in total. The first-order valence-electron chi connectivity index (χ1n) is 7.55.